The van der Waals surface area contributed by atoms with Gasteiger partial charge in [-0.05, 0) is 30.5 Å². The summed E-state index contributed by atoms with van der Waals surface area (Å²) in [5.41, 5.74) is 12.6. The van der Waals surface area contributed by atoms with E-state index in [4.69, 9.17) is 33.7 Å². The van der Waals surface area contributed by atoms with E-state index in [2.05, 4.69) is 19.9 Å². The summed E-state index contributed by atoms with van der Waals surface area (Å²) in [4.78, 5) is 18.6. The molecule has 1 unspecified atom stereocenters. The van der Waals surface area contributed by atoms with Crippen LogP contribution in [0.2, 0.25) is 0 Å². The van der Waals surface area contributed by atoms with Gasteiger partial charge in [0.25, 0.3) is 6.43 Å². The number of methoxy groups -OCH3 is 1. The number of anilines is 2. The number of ether oxygens (including phenoxy) is 1. The molecule has 3 aromatic heterocycles. The maximum atomic E-state index is 14.9. The summed E-state index contributed by atoms with van der Waals surface area (Å²) in [5, 5.41) is 10.1. The van der Waals surface area contributed by atoms with Crippen molar-refractivity contribution in [1.82, 2.24) is 24.5 Å². The van der Waals surface area contributed by atoms with E-state index in [1.807, 2.05) is 0 Å². The number of aliphatic hydroxyl groups is 1. The van der Waals surface area contributed by atoms with Gasteiger partial charge in [-0.25, -0.2) is 32.5 Å². The zero-order chi connectivity index (χ0) is 32.4. The number of nitrogens with two attached hydrogens (primary N) is 2. The van der Waals surface area contributed by atoms with Crippen LogP contribution in [0.4, 0.5) is 29.1 Å². The van der Waals surface area contributed by atoms with E-state index in [-0.39, 0.29) is 42.3 Å². The Bertz CT molecular complexity index is 1750. The topological polar surface area (TPSA) is 216 Å². The number of rotatable bonds is 7. The van der Waals surface area contributed by atoms with E-state index in [1.54, 1.807) is 15.5 Å². The van der Waals surface area contributed by atoms with Crippen LogP contribution < -0.4 is 21.1 Å². The normalized spacial score (nSPS) is 17.8. The van der Waals surface area contributed by atoms with Crippen LogP contribution in [-0.4, -0.2) is 85.4 Å². The Morgan fingerprint density at radius 2 is 1.82 bits per heavy atom. The summed E-state index contributed by atoms with van der Waals surface area (Å²) < 4.78 is 94.3. The number of alkyl halides is 2. The lowest BCUT2D eigenvalue weighted by atomic mass is 9.84. The Morgan fingerprint density at radius 3 is 2.48 bits per heavy atom. The predicted octanol–water partition coefficient (Wildman–Crippen LogP) is 2.08. The van der Waals surface area contributed by atoms with Crippen LogP contribution in [0.5, 0.6) is 5.75 Å². The maximum Gasteiger partial charge on any atom is 0.394 e. The molecule has 1 aliphatic heterocycles. The third-order valence-electron chi connectivity index (χ3n) is 6.98. The number of fused-ring (bicyclic) bond motifs is 1. The molecule has 5 rings (SSSR count). The fraction of sp³-hybridized carbons (Fsp3) is 0.360. The molecule has 1 saturated heterocycles. The van der Waals surface area contributed by atoms with Crippen LogP contribution in [0.25, 0.3) is 22.4 Å². The third-order valence-corrected chi connectivity index (χ3v) is 6.98. The van der Waals surface area contributed by atoms with Gasteiger partial charge in [-0.2, -0.15) is 8.42 Å². The largest absolute Gasteiger partial charge is 0.494 e. The molecule has 1 fully saturated rings. The molecule has 1 aliphatic rings. The number of nitrogen functional groups attached to an aromatic ring is 1. The highest BCUT2D eigenvalue weighted by Gasteiger charge is 2.43. The molecule has 0 amide bonds. The summed E-state index contributed by atoms with van der Waals surface area (Å²) in [6, 6.07) is 3.50. The Hall–Kier alpha value is -4.17. The van der Waals surface area contributed by atoms with Crippen molar-refractivity contribution in [3.05, 3.63) is 54.2 Å². The molecule has 0 radical (unpaired) electrons. The number of nitrogens with zero attached hydrogens (tertiary/aromatic N) is 6. The van der Waals surface area contributed by atoms with Gasteiger partial charge in [-0.15, -0.1) is 0 Å². The summed E-state index contributed by atoms with van der Waals surface area (Å²) in [6.45, 7) is 0.523. The molecular formula is C25H28F4N8O6S. The zero-order valence-electron chi connectivity index (χ0n) is 23.0. The van der Waals surface area contributed by atoms with Gasteiger partial charge in [0.1, 0.15) is 23.8 Å². The molecule has 0 saturated carbocycles. The molecule has 0 bridgehead atoms. The molecule has 4 aromatic rings. The van der Waals surface area contributed by atoms with E-state index in [0.717, 1.165) is 12.1 Å². The average molecular weight is 645 g/mol. The van der Waals surface area contributed by atoms with E-state index in [9.17, 15) is 22.7 Å². The summed E-state index contributed by atoms with van der Waals surface area (Å²) >= 11 is 0. The van der Waals surface area contributed by atoms with E-state index in [0.29, 0.717) is 35.4 Å². The first-order chi connectivity index (χ1) is 20.6. The Balaban J connectivity index is 0.000000818. The quantitative estimate of drug-likeness (QED) is 0.144. The molecule has 2 atom stereocenters. The van der Waals surface area contributed by atoms with Crippen molar-refractivity contribution in [1.29, 1.82) is 0 Å². The fourth-order valence-electron chi connectivity index (χ4n) is 4.94. The van der Waals surface area contributed by atoms with Crippen LogP contribution >= 0.6 is 0 Å². The molecule has 7 N–H and O–H groups in total. The SMILES string of the molecule is COc1cc(F)c(-c2cc(Cn3cnc4c(N)ncnc43)c(N3CCC[C@](N)(C(O)C(F)F)C3)cn2)cc1F.O=S(=O)(O)O. The molecule has 0 aliphatic carbocycles. The standard InChI is InChI=1S/C25H26F4N8O2.H2O4S/c1-39-19-7-15(26)14(6-16(19)27)17-5-13(9-37-12-35-20-23(30)33-11-34-24(20)37)18(8-32-17)36-4-2-3-25(31,10-36)21(38)22(28)29;1-5(2,3)4/h5-8,11-12,21-22,38H,2-4,9-10,31H2,1H3,(H2,30,33,34);(H2,1,2,3,4)/t21?,25-;/m1./s1. The second-order valence-electron chi connectivity index (χ2n) is 9.95. The van der Waals surface area contributed by atoms with Gasteiger partial charge in [0.05, 0.1) is 43.1 Å². The Kier molecular flexibility index (Phi) is 9.54. The molecule has 44 heavy (non-hydrogen) atoms. The number of benzene rings is 1. The second-order valence-corrected chi connectivity index (χ2v) is 10.8. The maximum absolute atomic E-state index is 14.9. The average Bonchev–Trinajstić information content (AvgIpc) is 3.36. The number of piperidine rings is 1. The minimum absolute atomic E-state index is 0.0716. The van der Waals surface area contributed by atoms with Crippen molar-refractivity contribution < 1.29 is 44.9 Å². The number of aliphatic hydroxyl groups excluding tert-OH is 1. The molecular weight excluding hydrogens is 616 g/mol. The first kappa shape index (κ1) is 32.7. The van der Waals surface area contributed by atoms with E-state index >= 15 is 0 Å². The summed E-state index contributed by atoms with van der Waals surface area (Å²) in [6.07, 6.45) is -0.128. The van der Waals surface area contributed by atoms with Crippen LogP contribution in [0.1, 0.15) is 18.4 Å². The minimum atomic E-state index is -4.67. The van der Waals surface area contributed by atoms with Crippen molar-refractivity contribution in [2.24, 2.45) is 5.73 Å². The van der Waals surface area contributed by atoms with Gasteiger partial charge in [-0.3, -0.25) is 14.1 Å². The summed E-state index contributed by atoms with van der Waals surface area (Å²) in [5.74, 6) is -1.57. The zero-order valence-corrected chi connectivity index (χ0v) is 23.8. The smallest absolute Gasteiger partial charge is 0.394 e. The van der Waals surface area contributed by atoms with E-state index in [1.165, 1.54) is 26.0 Å². The molecule has 4 heterocycles. The Morgan fingerprint density at radius 1 is 1.11 bits per heavy atom. The minimum Gasteiger partial charge on any atom is -0.494 e. The first-order valence-corrected chi connectivity index (χ1v) is 14.1. The number of hydrogen-bond acceptors (Lipinski definition) is 11. The molecule has 14 nitrogen and oxygen atoms in total. The fourth-order valence-corrected chi connectivity index (χ4v) is 4.94. The van der Waals surface area contributed by atoms with E-state index < -0.39 is 40.1 Å². The van der Waals surface area contributed by atoms with Gasteiger partial charge < -0.3 is 30.8 Å². The number of hydrogen-bond donors (Lipinski definition) is 5. The lowest BCUT2D eigenvalue weighted by molar-refractivity contribution is -0.0529. The highest BCUT2D eigenvalue weighted by atomic mass is 32.3. The molecule has 0 spiro atoms. The van der Waals surface area contributed by atoms with Crippen LogP contribution in [0.15, 0.2) is 37.1 Å². The summed E-state index contributed by atoms with van der Waals surface area (Å²) in [7, 11) is -3.44. The van der Waals surface area contributed by atoms with Crippen molar-refractivity contribution in [2.75, 3.05) is 30.8 Å². The highest BCUT2D eigenvalue weighted by Crippen LogP contribution is 2.34. The third kappa shape index (κ3) is 7.30. The van der Waals surface area contributed by atoms with Crippen molar-refractivity contribution in [2.45, 2.75) is 37.5 Å². The number of pyridine rings is 1. The van der Waals surface area contributed by atoms with Crippen LogP contribution in [0.3, 0.4) is 0 Å². The number of imidazole rings is 1. The van der Waals surface area contributed by atoms with Gasteiger partial charge >= 0.3 is 10.4 Å². The molecule has 19 heteroatoms. The number of halogens is 4. The predicted molar refractivity (Wildman–Crippen MR) is 150 cm³/mol. The lowest BCUT2D eigenvalue weighted by Gasteiger charge is -2.44. The first-order valence-electron chi connectivity index (χ1n) is 12.7. The molecule has 238 valence electrons. The number of aromatic nitrogens is 5. The van der Waals surface area contributed by atoms with Gasteiger partial charge in [0, 0.05) is 24.7 Å². The van der Waals surface area contributed by atoms with Crippen molar-refractivity contribution in [3.8, 4) is 17.0 Å². The monoisotopic (exact) mass is 644 g/mol. The highest BCUT2D eigenvalue weighted by molar-refractivity contribution is 7.79. The van der Waals surface area contributed by atoms with Gasteiger partial charge in [-0.1, -0.05) is 0 Å². The van der Waals surface area contributed by atoms with Gasteiger partial charge in [0.15, 0.2) is 23.0 Å². The van der Waals surface area contributed by atoms with Gasteiger partial charge in [0.2, 0.25) is 0 Å². The lowest BCUT2D eigenvalue weighted by Crippen LogP contribution is -2.63. The van der Waals surface area contributed by atoms with Crippen LogP contribution in [-0.2, 0) is 16.9 Å². The van der Waals surface area contributed by atoms with Crippen molar-refractivity contribution >= 4 is 33.1 Å². The Labute approximate surface area is 247 Å². The van der Waals surface area contributed by atoms with Crippen LogP contribution in [0, 0.1) is 11.6 Å². The van der Waals surface area contributed by atoms with Crippen molar-refractivity contribution in [3.63, 3.8) is 0 Å². The molecule has 1 aromatic carbocycles. The second kappa shape index (κ2) is 12.8.